The topological polar surface area (TPSA) is 77.8 Å². The van der Waals surface area contributed by atoms with Crippen molar-refractivity contribution in [2.45, 2.75) is 5.85 Å². The van der Waals surface area contributed by atoms with Crippen molar-refractivity contribution in [1.82, 2.24) is 0 Å². The molecule has 0 aromatic heterocycles. The maximum Gasteiger partial charge on any atom is 0.543 e. The Morgan fingerprint density at radius 2 is 1.92 bits per heavy atom. The van der Waals surface area contributed by atoms with Gasteiger partial charge < -0.3 is 10.2 Å². The van der Waals surface area contributed by atoms with E-state index in [4.69, 9.17) is 15.1 Å². The standard InChI is InChI=1S/C7H7O4P/c8-6-4-2-1-3-5(6)7(9)12(10)11/h1-4,7,9H,(H-,8,10,11)/p+1. The third-order valence-electron chi connectivity index (χ3n) is 1.42. The molecule has 64 valence electrons. The number of hydrogen-bond acceptors (Lipinski definition) is 3. The molecule has 0 saturated carbocycles. The van der Waals surface area contributed by atoms with E-state index in [1.807, 2.05) is 0 Å². The summed E-state index contributed by atoms with van der Waals surface area (Å²) in [5.41, 5.74) is 0.0705. The number of hydrogen-bond donors (Lipinski definition) is 3. The van der Waals surface area contributed by atoms with Gasteiger partial charge in [0.1, 0.15) is 5.75 Å². The van der Waals surface area contributed by atoms with Gasteiger partial charge in [0.2, 0.25) is 0 Å². The zero-order chi connectivity index (χ0) is 9.14. The Labute approximate surface area is 70.0 Å². The molecule has 1 rings (SSSR count). The molecule has 0 spiro atoms. The molecular formula is C7H8O4P+. The van der Waals surface area contributed by atoms with Crippen LogP contribution in [0.3, 0.4) is 0 Å². The molecule has 1 aromatic rings. The maximum atomic E-state index is 10.4. The Balaban J connectivity index is 3.02. The van der Waals surface area contributed by atoms with Gasteiger partial charge in [-0.15, -0.1) is 0 Å². The van der Waals surface area contributed by atoms with Crippen molar-refractivity contribution < 1.29 is 19.7 Å². The second-order valence-corrected chi connectivity index (χ2v) is 3.33. The minimum Gasteiger partial charge on any atom is -0.507 e. The van der Waals surface area contributed by atoms with E-state index in [2.05, 4.69) is 0 Å². The van der Waals surface area contributed by atoms with Gasteiger partial charge >= 0.3 is 13.9 Å². The van der Waals surface area contributed by atoms with E-state index in [1.54, 1.807) is 12.1 Å². The first-order chi connectivity index (χ1) is 5.63. The molecule has 3 N–H and O–H groups in total. The first kappa shape index (κ1) is 9.13. The van der Waals surface area contributed by atoms with Gasteiger partial charge in [-0.1, -0.05) is 12.1 Å². The third kappa shape index (κ3) is 1.80. The molecular weight excluding hydrogens is 179 g/mol. The number of para-hydroxylation sites is 1. The van der Waals surface area contributed by atoms with Gasteiger partial charge in [-0.3, -0.25) is 0 Å². The van der Waals surface area contributed by atoms with Crippen molar-refractivity contribution in [3.63, 3.8) is 0 Å². The van der Waals surface area contributed by atoms with E-state index in [0.29, 0.717) is 0 Å². The van der Waals surface area contributed by atoms with Crippen LogP contribution in [0.4, 0.5) is 0 Å². The molecule has 0 bridgehead atoms. The SMILES string of the molecule is O=[P+](O)C(O)c1ccccc1O. The van der Waals surface area contributed by atoms with E-state index in [0.717, 1.165) is 0 Å². The Kier molecular flexibility index (Phi) is 2.76. The highest BCUT2D eigenvalue weighted by atomic mass is 31.1. The lowest BCUT2D eigenvalue weighted by Gasteiger charge is -1.99. The van der Waals surface area contributed by atoms with Gasteiger partial charge in [-0.2, -0.15) is 4.89 Å². The molecule has 0 aliphatic heterocycles. The van der Waals surface area contributed by atoms with E-state index < -0.39 is 13.9 Å². The molecule has 0 aliphatic carbocycles. The molecule has 2 atom stereocenters. The summed E-state index contributed by atoms with van der Waals surface area (Å²) < 4.78 is 10.4. The van der Waals surface area contributed by atoms with Crippen LogP contribution in [0.2, 0.25) is 0 Å². The van der Waals surface area contributed by atoms with Crippen LogP contribution < -0.4 is 0 Å². The van der Waals surface area contributed by atoms with E-state index >= 15 is 0 Å². The number of rotatable bonds is 2. The van der Waals surface area contributed by atoms with Gasteiger partial charge in [0.05, 0.1) is 5.56 Å². The minimum absolute atomic E-state index is 0.0705. The highest BCUT2D eigenvalue weighted by Gasteiger charge is 2.30. The highest BCUT2D eigenvalue weighted by molar-refractivity contribution is 7.38. The molecule has 0 radical (unpaired) electrons. The predicted molar refractivity (Wildman–Crippen MR) is 42.9 cm³/mol. The molecule has 1 aromatic carbocycles. The second-order valence-electron chi connectivity index (χ2n) is 2.24. The summed E-state index contributed by atoms with van der Waals surface area (Å²) in [6.07, 6.45) is 0. The lowest BCUT2D eigenvalue weighted by atomic mass is 10.2. The van der Waals surface area contributed by atoms with E-state index in [9.17, 15) is 4.57 Å². The highest BCUT2D eigenvalue weighted by Crippen LogP contribution is 2.38. The van der Waals surface area contributed by atoms with Crippen LogP contribution in [0.25, 0.3) is 0 Å². The van der Waals surface area contributed by atoms with Crippen molar-refractivity contribution in [2.75, 3.05) is 0 Å². The van der Waals surface area contributed by atoms with Crippen LogP contribution in [0.15, 0.2) is 24.3 Å². The maximum absolute atomic E-state index is 10.4. The average molecular weight is 187 g/mol. The van der Waals surface area contributed by atoms with E-state index in [1.165, 1.54) is 12.1 Å². The quantitative estimate of drug-likeness (QED) is 0.606. The van der Waals surface area contributed by atoms with Crippen LogP contribution in [0, 0.1) is 0 Å². The molecule has 4 nitrogen and oxygen atoms in total. The number of aromatic hydroxyl groups is 1. The summed E-state index contributed by atoms with van der Waals surface area (Å²) in [5.74, 6) is -1.69. The summed E-state index contributed by atoms with van der Waals surface area (Å²) >= 11 is 0. The zero-order valence-electron chi connectivity index (χ0n) is 6.08. The number of benzene rings is 1. The monoisotopic (exact) mass is 187 g/mol. The number of phenolic OH excluding ortho intramolecular Hbond substituents is 1. The normalized spacial score (nSPS) is 14.0. The Hall–Kier alpha value is -0.960. The Morgan fingerprint density at radius 1 is 1.33 bits per heavy atom. The van der Waals surface area contributed by atoms with Crippen LogP contribution >= 0.6 is 8.03 Å². The van der Waals surface area contributed by atoms with Gasteiger partial charge in [0, 0.05) is 0 Å². The molecule has 0 saturated heterocycles. The largest absolute Gasteiger partial charge is 0.543 e. The first-order valence-electron chi connectivity index (χ1n) is 3.24. The Bertz CT molecular complexity index is 299. The average Bonchev–Trinajstić information content (AvgIpc) is 2.04. The van der Waals surface area contributed by atoms with Crippen molar-refractivity contribution in [2.24, 2.45) is 0 Å². The van der Waals surface area contributed by atoms with Gasteiger partial charge in [0.15, 0.2) is 0 Å². The molecule has 5 heteroatoms. The van der Waals surface area contributed by atoms with Crippen molar-refractivity contribution in [3.05, 3.63) is 29.8 Å². The van der Waals surface area contributed by atoms with Crippen molar-refractivity contribution >= 4 is 8.03 Å². The summed E-state index contributed by atoms with van der Waals surface area (Å²) in [4.78, 5) is 8.55. The number of aliphatic hydroxyl groups excluding tert-OH is 1. The molecule has 0 fully saturated rings. The third-order valence-corrected chi connectivity index (χ3v) is 2.12. The van der Waals surface area contributed by atoms with E-state index in [-0.39, 0.29) is 11.3 Å². The molecule has 0 heterocycles. The molecule has 0 aliphatic rings. The molecule has 2 unspecified atom stereocenters. The number of aliphatic hydroxyl groups is 1. The Morgan fingerprint density at radius 3 is 2.42 bits per heavy atom. The summed E-state index contributed by atoms with van der Waals surface area (Å²) in [7, 11) is -2.71. The van der Waals surface area contributed by atoms with Crippen LogP contribution in [0.5, 0.6) is 5.75 Å². The minimum atomic E-state index is -2.71. The van der Waals surface area contributed by atoms with Crippen molar-refractivity contribution in [1.29, 1.82) is 0 Å². The zero-order valence-corrected chi connectivity index (χ0v) is 6.98. The van der Waals surface area contributed by atoms with Gasteiger partial charge in [0.25, 0.3) is 0 Å². The smallest absolute Gasteiger partial charge is 0.507 e. The van der Waals surface area contributed by atoms with Gasteiger partial charge in [-0.25, -0.2) is 0 Å². The lowest BCUT2D eigenvalue weighted by Crippen LogP contribution is -1.91. The van der Waals surface area contributed by atoms with Crippen LogP contribution in [-0.2, 0) is 4.57 Å². The van der Waals surface area contributed by atoms with Crippen LogP contribution in [-0.4, -0.2) is 15.1 Å². The fourth-order valence-corrected chi connectivity index (χ4v) is 1.28. The summed E-state index contributed by atoms with van der Waals surface area (Å²) in [6, 6.07) is 5.87. The van der Waals surface area contributed by atoms with Crippen LogP contribution in [0.1, 0.15) is 11.4 Å². The predicted octanol–water partition coefficient (Wildman–Crippen LogP) is 1.12. The number of phenols is 1. The second kappa shape index (κ2) is 3.63. The lowest BCUT2D eigenvalue weighted by molar-refractivity contribution is 0.238. The fourth-order valence-electron chi connectivity index (χ4n) is 0.825. The van der Waals surface area contributed by atoms with Gasteiger partial charge in [-0.05, 0) is 16.7 Å². The molecule has 0 amide bonds. The molecule has 12 heavy (non-hydrogen) atoms. The van der Waals surface area contributed by atoms with Crippen molar-refractivity contribution in [3.8, 4) is 5.75 Å². The summed E-state index contributed by atoms with van der Waals surface area (Å²) in [6.45, 7) is 0. The summed E-state index contributed by atoms with van der Waals surface area (Å²) in [5, 5.41) is 18.2. The first-order valence-corrected chi connectivity index (χ1v) is 4.52. The fraction of sp³-hybridized carbons (Fsp3) is 0.143.